The molecule has 0 radical (unpaired) electrons. The third kappa shape index (κ3) is 3.51. The quantitative estimate of drug-likeness (QED) is 0.515. The summed E-state index contributed by atoms with van der Waals surface area (Å²) in [5.41, 5.74) is 1.04. The van der Waals surface area contributed by atoms with Gasteiger partial charge in [-0.05, 0) is 59.3 Å². The molecule has 0 aliphatic heterocycles. The van der Waals surface area contributed by atoms with Crippen LogP contribution < -0.4 is 4.72 Å². The van der Waals surface area contributed by atoms with Crippen molar-refractivity contribution in [1.82, 2.24) is 0 Å². The van der Waals surface area contributed by atoms with E-state index in [1.807, 2.05) is 0 Å². The SMILES string of the molecule is COC(=O)c1c(C)oc2ccc(NS(=O)(=O)c3cc(Br)ccc3Br)cc12. The Kier molecular flexibility index (Phi) is 5.14. The van der Waals surface area contributed by atoms with Gasteiger partial charge in [-0.3, -0.25) is 4.72 Å². The average molecular weight is 503 g/mol. The Hall–Kier alpha value is -1.84. The van der Waals surface area contributed by atoms with Crippen molar-refractivity contribution in [3.05, 3.63) is 56.7 Å². The first-order valence-corrected chi connectivity index (χ1v) is 10.4. The van der Waals surface area contributed by atoms with Crippen molar-refractivity contribution in [3.63, 3.8) is 0 Å². The fraction of sp³-hybridized carbons (Fsp3) is 0.118. The van der Waals surface area contributed by atoms with Gasteiger partial charge in [-0.1, -0.05) is 15.9 Å². The van der Waals surface area contributed by atoms with Gasteiger partial charge in [-0.2, -0.15) is 0 Å². The highest BCUT2D eigenvalue weighted by Gasteiger charge is 2.22. The number of furan rings is 1. The number of aryl methyl sites for hydroxylation is 1. The Morgan fingerprint density at radius 2 is 1.88 bits per heavy atom. The van der Waals surface area contributed by atoms with E-state index in [1.165, 1.54) is 13.2 Å². The molecule has 1 N–H and O–H groups in total. The molecule has 0 saturated heterocycles. The van der Waals surface area contributed by atoms with Gasteiger partial charge >= 0.3 is 5.97 Å². The molecule has 0 unspecified atom stereocenters. The van der Waals surface area contributed by atoms with Crippen LogP contribution in [0.15, 0.2) is 54.7 Å². The zero-order chi connectivity index (χ0) is 19.1. The molecule has 0 aliphatic rings. The zero-order valence-electron chi connectivity index (χ0n) is 13.7. The van der Waals surface area contributed by atoms with E-state index in [1.54, 1.807) is 37.3 Å². The number of methoxy groups -OCH3 is 1. The van der Waals surface area contributed by atoms with Crippen molar-refractivity contribution in [2.45, 2.75) is 11.8 Å². The number of nitrogens with one attached hydrogen (secondary N) is 1. The van der Waals surface area contributed by atoms with E-state index in [9.17, 15) is 13.2 Å². The third-order valence-electron chi connectivity index (χ3n) is 3.69. The lowest BCUT2D eigenvalue weighted by Crippen LogP contribution is -2.13. The minimum atomic E-state index is -3.84. The molecule has 0 spiro atoms. The Balaban J connectivity index is 2.06. The summed E-state index contributed by atoms with van der Waals surface area (Å²) >= 11 is 6.51. The average Bonchev–Trinajstić information content (AvgIpc) is 2.91. The van der Waals surface area contributed by atoms with Crippen molar-refractivity contribution in [2.75, 3.05) is 11.8 Å². The molecule has 3 rings (SSSR count). The minimum absolute atomic E-state index is 0.0866. The first-order valence-electron chi connectivity index (χ1n) is 7.32. The van der Waals surface area contributed by atoms with Gasteiger partial charge in [0, 0.05) is 20.0 Å². The Labute approximate surface area is 166 Å². The van der Waals surface area contributed by atoms with Crippen molar-refractivity contribution >= 4 is 64.5 Å². The van der Waals surface area contributed by atoms with Crippen molar-refractivity contribution in [2.24, 2.45) is 0 Å². The van der Waals surface area contributed by atoms with Gasteiger partial charge in [0.1, 0.15) is 21.8 Å². The maximum Gasteiger partial charge on any atom is 0.342 e. The fourth-order valence-corrected chi connectivity index (χ4v) is 5.09. The van der Waals surface area contributed by atoms with Crippen LogP contribution in [0.5, 0.6) is 0 Å². The van der Waals surface area contributed by atoms with Crippen LogP contribution in [0.2, 0.25) is 0 Å². The van der Waals surface area contributed by atoms with Gasteiger partial charge in [-0.15, -0.1) is 0 Å². The molecule has 0 atom stereocenters. The molecule has 1 aromatic heterocycles. The molecule has 0 bridgehead atoms. The number of fused-ring (bicyclic) bond motifs is 1. The highest BCUT2D eigenvalue weighted by Crippen LogP contribution is 2.31. The number of hydrogen-bond donors (Lipinski definition) is 1. The fourth-order valence-electron chi connectivity index (χ4n) is 2.53. The number of rotatable bonds is 4. The highest BCUT2D eigenvalue weighted by molar-refractivity contribution is 9.11. The number of sulfonamides is 1. The maximum absolute atomic E-state index is 12.7. The topological polar surface area (TPSA) is 85.6 Å². The summed E-state index contributed by atoms with van der Waals surface area (Å²) < 4.78 is 39.3. The highest BCUT2D eigenvalue weighted by atomic mass is 79.9. The molecular formula is C17H13Br2NO5S. The molecule has 9 heteroatoms. The van der Waals surface area contributed by atoms with Crippen LogP contribution in [0.4, 0.5) is 5.69 Å². The largest absolute Gasteiger partial charge is 0.465 e. The Morgan fingerprint density at radius 1 is 1.15 bits per heavy atom. The smallest absolute Gasteiger partial charge is 0.342 e. The van der Waals surface area contributed by atoms with Crippen LogP contribution in [-0.2, 0) is 14.8 Å². The van der Waals surface area contributed by atoms with Crippen LogP contribution in [-0.4, -0.2) is 21.5 Å². The van der Waals surface area contributed by atoms with Gasteiger partial charge in [0.25, 0.3) is 10.0 Å². The molecular weight excluding hydrogens is 490 g/mol. The van der Waals surface area contributed by atoms with Crippen LogP contribution in [0.25, 0.3) is 11.0 Å². The summed E-state index contributed by atoms with van der Waals surface area (Å²) in [6, 6.07) is 9.56. The molecule has 26 heavy (non-hydrogen) atoms. The first kappa shape index (κ1) is 18.9. The molecule has 136 valence electrons. The monoisotopic (exact) mass is 501 g/mol. The van der Waals surface area contributed by atoms with Crippen molar-refractivity contribution in [1.29, 1.82) is 0 Å². The number of carbonyl (C=O) groups is 1. The van der Waals surface area contributed by atoms with E-state index < -0.39 is 16.0 Å². The molecule has 1 heterocycles. The predicted molar refractivity (Wildman–Crippen MR) is 105 cm³/mol. The number of hydrogen-bond acceptors (Lipinski definition) is 5. The molecule has 6 nitrogen and oxygen atoms in total. The lowest BCUT2D eigenvalue weighted by atomic mass is 10.1. The van der Waals surface area contributed by atoms with E-state index >= 15 is 0 Å². The maximum atomic E-state index is 12.7. The lowest BCUT2D eigenvalue weighted by Gasteiger charge is -2.10. The standard InChI is InChI=1S/C17H13Br2NO5S/c1-9-16(17(21)24-2)12-8-11(4-6-14(12)25-9)20-26(22,23)15-7-10(18)3-5-13(15)19/h3-8,20H,1-2H3. The molecule has 0 fully saturated rings. The molecule has 3 aromatic rings. The number of benzene rings is 2. The van der Waals surface area contributed by atoms with Crippen LogP contribution in [0.3, 0.4) is 0 Å². The summed E-state index contributed by atoms with van der Waals surface area (Å²) in [4.78, 5) is 12.1. The normalized spacial score (nSPS) is 11.5. The van der Waals surface area contributed by atoms with E-state index in [0.717, 1.165) is 0 Å². The van der Waals surface area contributed by atoms with E-state index in [2.05, 4.69) is 36.6 Å². The van der Waals surface area contributed by atoms with Gasteiger partial charge < -0.3 is 9.15 Å². The second-order valence-corrected chi connectivity index (χ2v) is 8.84. The molecule has 0 saturated carbocycles. The van der Waals surface area contributed by atoms with Gasteiger partial charge in [-0.25, -0.2) is 13.2 Å². The van der Waals surface area contributed by atoms with Gasteiger partial charge in [0.2, 0.25) is 0 Å². The number of halogens is 2. The number of carbonyl (C=O) groups excluding carboxylic acids is 1. The predicted octanol–water partition coefficient (Wildman–Crippen LogP) is 4.85. The van der Waals surface area contributed by atoms with Crippen molar-refractivity contribution < 1.29 is 22.4 Å². The Morgan fingerprint density at radius 3 is 2.58 bits per heavy atom. The lowest BCUT2D eigenvalue weighted by molar-refractivity contribution is 0.0600. The molecule has 2 aromatic carbocycles. The van der Waals surface area contributed by atoms with E-state index in [4.69, 9.17) is 9.15 Å². The van der Waals surface area contributed by atoms with Crippen LogP contribution in [0, 0.1) is 6.92 Å². The summed E-state index contributed by atoms with van der Waals surface area (Å²) in [7, 11) is -2.56. The van der Waals surface area contributed by atoms with Crippen molar-refractivity contribution in [3.8, 4) is 0 Å². The van der Waals surface area contributed by atoms with Gasteiger partial charge in [0.15, 0.2) is 0 Å². The first-order chi connectivity index (χ1) is 12.2. The summed E-state index contributed by atoms with van der Waals surface area (Å²) in [6.07, 6.45) is 0. The molecule has 0 aliphatic carbocycles. The Bertz CT molecular complexity index is 1120. The second-order valence-electron chi connectivity index (χ2n) is 5.42. The minimum Gasteiger partial charge on any atom is -0.465 e. The van der Waals surface area contributed by atoms with E-state index in [-0.39, 0.29) is 10.5 Å². The van der Waals surface area contributed by atoms with Gasteiger partial charge in [0.05, 0.1) is 7.11 Å². The summed E-state index contributed by atoms with van der Waals surface area (Å²) in [6.45, 7) is 1.65. The number of ether oxygens (including phenoxy) is 1. The number of esters is 1. The zero-order valence-corrected chi connectivity index (χ0v) is 17.7. The van der Waals surface area contributed by atoms with E-state index in [0.29, 0.717) is 31.4 Å². The second kappa shape index (κ2) is 7.05. The van der Waals surface area contributed by atoms with Crippen LogP contribution in [0.1, 0.15) is 16.1 Å². The number of anilines is 1. The van der Waals surface area contributed by atoms with Crippen LogP contribution >= 0.6 is 31.9 Å². The summed E-state index contributed by atoms with van der Waals surface area (Å²) in [5, 5.41) is 0.475. The summed E-state index contributed by atoms with van der Waals surface area (Å²) in [5.74, 6) is -0.141. The molecule has 0 amide bonds. The third-order valence-corrected chi connectivity index (χ3v) is 6.56.